The largest absolute Gasteiger partial charge is 0.431 e. The fraction of sp³-hybridized carbons (Fsp3) is 0.200. The summed E-state index contributed by atoms with van der Waals surface area (Å²) in [7, 11) is -7.88. The van der Waals surface area contributed by atoms with E-state index in [2.05, 4.69) is 4.13 Å². The van der Waals surface area contributed by atoms with Crippen LogP contribution in [-0.4, -0.2) is 23.1 Å². The molecule has 0 N–H and O–H groups in total. The van der Waals surface area contributed by atoms with Crippen LogP contribution in [0.2, 0.25) is 0 Å². The molecule has 0 aromatic carbocycles. The van der Waals surface area contributed by atoms with E-state index < -0.39 is 20.0 Å². The van der Waals surface area contributed by atoms with Crippen molar-refractivity contribution in [2.45, 2.75) is 4.21 Å². The lowest BCUT2D eigenvalue weighted by atomic mass is 10.7. The molecule has 0 saturated heterocycles. The van der Waals surface area contributed by atoms with E-state index in [0.29, 0.717) is 0 Å². The third-order valence-electron chi connectivity index (χ3n) is 0.983. The maximum atomic E-state index is 11.2. The van der Waals surface area contributed by atoms with Crippen LogP contribution in [0, 0.1) is 0 Å². The molecule has 0 aliphatic heterocycles. The quantitative estimate of drug-likeness (QED) is 0.781. The predicted molar refractivity (Wildman–Crippen MR) is 49.7 cm³/mol. The van der Waals surface area contributed by atoms with Crippen molar-refractivity contribution in [2.24, 2.45) is 0 Å². The summed E-state index contributed by atoms with van der Waals surface area (Å²) in [4.78, 5) is 0. The molecule has 0 bridgehead atoms. The van der Waals surface area contributed by atoms with Crippen molar-refractivity contribution in [1.29, 1.82) is 0 Å². The van der Waals surface area contributed by atoms with Gasteiger partial charge in [-0.2, -0.15) is 0 Å². The zero-order valence-electron chi connectivity index (χ0n) is 6.54. The lowest BCUT2D eigenvalue weighted by Gasteiger charge is -2.15. The van der Waals surface area contributed by atoms with Gasteiger partial charge in [-0.1, -0.05) is 6.07 Å². The summed E-state index contributed by atoms with van der Waals surface area (Å²) in [5.41, 5.74) is 0. The Morgan fingerprint density at radius 1 is 1.31 bits per heavy atom. The van der Waals surface area contributed by atoms with E-state index in [0.717, 1.165) is 17.6 Å². The van der Waals surface area contributed by atoms with Crippen molar-refractivity contribution in [1.82, 2.24) is 0 Å². The van der Waals surface area contributed by atoms with Gasteiger partial charge in [-0.15, -0.1) is 11.3 Å². The molecule has 1 aromatic heterocycles. The van der Waals surface area contributed by atoms with Gasteiger partial charge in [-0.25, -0.2) is 16.8 Å². The number of rotatable bonds is 3. The molecule has 0 spiro atoms. The van der Waals surface area contributed by atoms with Crippen LogP contribution in [0.4, 0.5) is 0 Å². The molecule has 1 rings (SSSR count). The molecule has 0 atom stereocenters. The predicted octanol–water partition coefficient (Wildman–Crippen LogP) is 0.770. The van der Waals surface area contributed by atoms with Crippen LogP contribution in [0.3, 0.4) is 0 Å². The van der Waals surface area contributed by atoms with Gasteiger partial charge in [-0.05, 0) is 11.4 Å². The molecule has 1 heterocycles. The van der Waals surface area contributed by atoms with Crippen LogP contribution >= 0.6 is 11.3 Å². The lowest BCUT2D eigenvalue weighted by Crippen LogP contribution is -2.03. The molecule has 74 valence electrons. The Hall–Kier alpha value is -0.440. The highest BCUT2D eigenvalue weighted by Gasteiger charge is 2.07. The van der Waals surface area contributed by atoms with Crippen molar-refractivity contribution >= 4 is 31.4 Å². The minimum absolute atomic E-state index is 0.0714. The Labute approximate surface area is 80.5 Å². The highest BCUT2D eigenvalue weighted by Crippen LogP contribution is 2.23. The zero-order chi connectivity index (χ0) is 10.1. The van der Waals surface area contributed by atoms with Gasteiger partial charge in [0, 0.05) is 6.26 Å². The van der Waals surface area contributed by atoms with E-state index >= 15 is 0 Å². The van der Waals surface area contributed by atoms with Gasteiger partial charge in [0.25, 0.3) is 0 Å². The first-order valence-electron chi connectivity index (χ1n) is 3.04. The minimum atomic E-state index is -4.02. The molecule has 0 amide bonds. The lowest BCUT2D eigenvalue weighted by molar-refractivity contribution is 0.599. The van der Waals surface area contributed by atoms with Crippen LogP contribution < -0.4 is 0 Å². The Bertz CT molecular complexity index is 470. The normalized spacial score (nSPS) is 13.0. The minimum Gasteiger partial charge on any atom is -0.431 e. The number of hydrogen-bond donors (Lipinski definition) is 0. The van der Waals surface area contributed by atoms with Gasteiger partial charge < -0.3 is 4.13 Å². The summed E-state index contributed by atoms with van der Waals surface area (Å²) < 4.78 is 46.2. The first-order valence-corrected chi connectivity index (χ1v) is 7.21. The summed E-state index contributed by atoms with van der Waals surface area (Å²) >= 11 is 0.924. The Kier molecular flexibility index (Phi) is 2.76. The summed E-state index contributed by atoms with van der Waals surface area (Å²) in [6.07, 6.45) is 0.734. The second kappa shape index (κ2) is 3.37. The van der Waals surface area contributed by atoms with Crippen LogP contribution in [-0.2, 0) is 20.0 Å². The van der Waals surface area contributed by atoms with Gasteiger partial charge in [0.15, 0.2) is 0 Å². The maximum Gasteiger partial charge on any atom is 0.121 e. The molecular formula is C5H6NO4S3-. The zero-order valence-corrected chi connectivity index (χ0v) is 8.99. The average molecular weight is 240 g/mol. The Morgan fingerprint density at radius 3 is 2.31 bits per heavy atom. The van der Waals surface area contributed by atoms with E-state index in [4.69, 9.17) is 0 Å². The topological polar surface area (TPSA) is 82.4 Å². The van der Waals surface area contributed by atoms with Crippen molar-refractivity contribution in [3.8, 4) is 0 Å². The molecule has 8 heteroatoms. The third kappa shape index (κ3) is 3.07. The van der Waals surface area contributed by atoms with E-state index in [-0.39, 0.29) is 4.21 Å². The number of thiophene rings is 1. The fourth-order valence-electron chi connectivity index (χ4n) is 0.625. The second-order valence-electron chi connectivity index (χ2n) is 2.21. The third-order valence-corrected chi connectivity index (χ3v) is 5.08. The summed E-state index contributed by atoms with van der Waals surface area (Å²) in [6, 6.07) is 2.81. The Morgan fingerprint density at radius 2 is 1.92 bits per heavy atom. The summed E-state index contributed by atoms with van der Waals surface area (Å²) in [5.74, 6) is 0. The van der Waals surface area contributed by atoms with Gasteiger partial charge in [-0.3, -0.25) is 0 Å². The van der Waals surface area contributed by atoms with Crippen LogP contribution in [0.5, 0.6) is 0 Å². The van der Waals surface area contributed by atoms with E-state index in [9.17, 15) is 16.8 Å². The number of sulfonamides is 2. The molecule has 0 saturated carbocycles. The van der Waals surface area contributed by atoms with Crippen LogP contribution in [0.15, 0.2) is 21.7 Å². The van der Waals surface area contributed by atoms with Crippen LogP contribution in [0.25, 0.3) is 4.13 Å². The second-order valence-corrected chi connectivity index (χ2v) is 6.87. The van der Waals surface area contributed by atoms with Crippen molar-refractivity contribution in [2.75, 3.05) is 6.26 Å². The molecule has 5 nitrogen and oxygen atoms in total. The van der Waals surface area contributed by atoms with Crippen LogP contribution in [0.1, 0.15) is 0 Å². The summed E-state index contributed by atoms with van der Waals surface area (Å²) in [5, 5.41) is 1.53. The molecule has 0 unspecified atom stereocenters. The van der Waals surface area contributed by atoms with Gasteiger partial charge in [0.1, 0.15) is 14.2 Å². The molecular weight excluding hydrogens is 234 g/mol. The smallest absolute Gasteiger partial charge is 0.121 e. The molecule has 0 aliphatic carbocycles. The van der Waals surface area contributed by atoms with Gasteiger partial charge in [0.05, 0.1) is 10.0 Å². The molecule has 13 heavy (non-hydrogen) atoms. The molecule has 0 aliphatic rings. The van der Waals surface area contributed by atoms with E-state index in [1.165, 1.54) is 17.5 Å². The first kappa shape index (κ1) is 10.6. The summed E-state index contributed by atoms with van der Waals surface area (Å²) in [6.45, 7) is 0. The Balaban J connectivity index is 3.06. The molecule has 1 aromatic rings. The van der Waals surface area contributed by atoms with Crippen molar-refractivity contribution < 1.29 is 16.8 Å². The van der Waals surface area contributed by atoms with Crippen molar-refractivity contribution in [3.05, 3.63) is 21.6 Å². The number of hydrogen-bond acceptors (Lipinski definition) is 5. The van der Waals surface area contributed by atoms with Gasteiger partial charge >= 0.3 is 0 Å². The standard InChI is InChI=1S/C5H6NO4S3/c1-12(7,8)6-13(9,10)5-3-2-4-11-5/h2-4H,1H3/q-1. The van der Waals surface area contributed by atoms with E-state index in [1.54, 1.807) is 0 Å². The number of nitrogens with zero attached hydrogens (tertiary/aromatic N) is 1. The molecule has 0 fully saturated rings. The SMILES string of the molecule is CS(=O)(=O)[N-]S(=O)(=O)c1cccs1. The maximum absolute atomic E-state index is 11.2. The molecule has 0 radical (unpaired) electrons. The van der Waals surface area contributed by atoms with Crippen molar-refractivity contribution in [3.63, 3.8) is 0 Å². The monoisotopic (exact) mass is 240 g/mol. The fourth-order valence-corrected chi connectivity index (χ4v) is 3.97. The first-order chi connectivity index (χ1) is 5.81. The highest BCUT2D eigenvalue weighted by atomic mass is 32.3. The average Bonchev–Trinajstić information content (AvgIpc) is 2.29. The van der Waals surface area contributed by atoms with E-state index in [1.807, 2.05) is 0 Å². The highest BCUT2D eigenvalue weighted by molar-refractivity contribution is 8.12. The van der Waals surface area contributed by atoms with Gasteiger partial charge in [0.2, 0.25) is 0 Å².